The van der Waals surface area contributed by atoms with Crippen LogP contribution in [0, 0.1) is 5.92 Å². The van der Waals surface area contributed by atoms with Crippen LogP contribution in [0.2, 0.25) is 0 Å². The molecular formula is C15H17BrN2O2. The summed E-state index contributed by atoms with van der Waals surface area (Å²) in [7, 11) is 0. The lowest BCUT2D eigenvalue weighted by atomic mass is 10.00. The van der Waals surface area contributed by atoms with E-state index in [1.807, 2.05) is 18.2 Å². The van der Waals surface area contributed by atoms with Crippen molar-refractivity contribution in [3.05, 3.63) is 34.5 Å². The standard InChI is InChI=1S/C15H17BrN2O2/c16-12-5-1-4-11-7-13(20-14(11)12)15(19)18-9-10-3-2-6-17-8-10/h1,4-5,7,10,17H,2-3,6,8-9H2,(H,18,19). The van der Waals surface area contributed by atoms with Gasteiger partial charge in [0.2, 0.25) is 0 Å². The zero-order valence-electron chi connectivity index (χ0n) is 11.1. The summed E-state index contributed by atoms with van der Waals surface area (Å²) in [6, 6.07) is 7.55. The molecule has 1 aliphatic rings. The van der Waals surface area contributed by atoms with Crippen LogP contribution >= 0.6 is 15.9 Å². The van der Waals surface area contributed by atoms with Gasteiger partial charge in [0.1, 0.15) is 5.58 Å². The van der Waals surface area contributed by atoms with Crippen LogP contribution in [0.25, 0.3) is 11.0 Å². The number of halogens is 1. The van der Waals surface area contributed by atoms with Crippen molar-refractivity contribution in [2.24, 2.45) is 5.92 Å². The van der Waals surface area contributed by atoms with Gasteiger partial charge >= 0.3 is 0 Å². The lowest BCUT2D eigenvalue weighted by molar-refractivity contribution is 0.0919. The fraction of sp³-hybridized carbons (Fsp3) is 0.400. The molecule has 1 aliphatic heterocycles. The highest BCUT2D eigenvalue weighted by molar-refractivity contribution is 9.10. The summed E-state index contributed by atoms with van der Waals surface area (Å²) < 4.78 is 6.49. The molecule has 1 atom stereocenters. The summed E-state index contributed by atoms with van der Waals surface area (Å²) >= 11 is 3.43. The molecular weight excluding hydrogens is 320 g/mol. The molecule has 1 aromatic carbocycles. The third-order valence-corrected chi connectivity index (χ3v) is 4.29. The Kier molecular flexibility index (Phi) is 4.08. The molecule has 5 heteroatoms. The topological polar surface area (TPSA) is 54.3 Å². The van der Waals surface area contributed by atoms with Crippen LogP contribution in [-0.4, -0.2) is 25.5 Å². The van der Waals surface area contributed by atoms with Gasteiger partial charge in [-0.25, -0.2) is 0 Å². The van der Waals surface area contributed by atoms with Crippen LogP contribution in [0.15, 0.2) is 33.2 Å². The van der Waals surface area contributed by atoms with Crippen molar-refractivity contribution < 1.29 is 9.21 Å². The van der Waals surface area contributed by atoms with Gasteiger partial charge in [-0.1, -0.05) is 12.1 Å². The molecule has 1 amide bonds. The van der Waals surface area contributed by atoms with Crippen molar-refractivity contribution in [1.29, 1.82) is 0 Å². The predicted octanol–water partition coefficient (Wildman–Crippen LogP) is 2.92. The van der Waals surface area contributed by atoms with E-state index < -0.39 is 0 Å². The van der Waals surface area contributed by atoms with E-state index >= 15 is 0 Å². The highest BCUT2D eigenvalue weighted by Gasteiger charge is 2.17. The summed E-state index contributed by atoms with van der Waals surface area (Å²) in [5, 5.41) is 7.24. The number of hydrogen-bond donors (Lipinski definition) is 2. The van der Waals surface area contributed by atoms with Gasteiger partial charge in [0, 0.05) is 11.9 Å². The highest BCUT2D eigenvalue weighted by Crippen LogP contribution is 2.26. The molecule has 0 saturated carbocycles. The van der Waals surface area contributed by atoms with Crippen LogP contribution in [0.5, 0.6) is 0 Å². The van der Waals surface area contributed by atoms with E-state index in [4.69, 9.17) is 4.42 Å². The van der Waals surface area contributed by atoms with Crippen LogP contribution < -0.4 is 10.6 Å². The fourth-order valence-corrected chi connectivity index (χ4v) is 3.02. The number of piperidine rings is 1. The molecule has 0 spiro atoms. The fourth-order valence-electron chi connectivity index (χ4n) is 2.56. The quantitative estimate of drug-likeness (QED) is 0.906. The Labute approximate surface area is 126 Å². The van der Waals surface area contributed by atoms with Crippen molar-refractivity contribution >= 4 is 32.8 Å². The molecule has 2 heterocycles. The number of fused-ring (bicyclic) bond motifs is 1. The lowest BCUT2D eigenvalue weighted by Crippen LogP contribution is -2.38. The summed E-state index contributed by atoms with van der Waals surface area (Å²) in [4.78, 5) is 12.1. The summed E-state index contributed by atoms with van der Waals surface area (Å²) in [6.45, 7) is 2.76. The van der Waals surface area contributed by atoms with Gasteiger partial charge in [0.25, 0.3) is 5.91 Å². The lowest BCUT2D eigenvalue weighted by Gasteiger charge is -2.22. The minimum atomic E-state index is -0.140. The smallest absolute Gasteiger partial charge is 0.287 e. The Morgan fingerprint density at radius 1 is 1.50 bits per heavy atom. The maximum atomic E-state index is 12.1. The van der Waals surface area contributed by atoms with Gasteiger partial charge in [-0.05, 0) is 59.9 Å². The Morgan fingerprint density at radius 3 is 3.15 bits per heavy atom. The Balaban J connectivity index is 1.67. The van der Waals surface area contributed by atoms with Crippen molar-refractivity contribution in [2.75, 3.05) is 19.6 Å². The maximum Gasteiger partial charge on any atom is 0.287 e. The van der Waals surface area contributed by atoms with Crippen LogP contribution in [-0.2, 0) is 0 Å². The van der Waals surface area contributed by atoms with E-state index in [0.717, 1.165) is 28.5 Å². The van der Waals surface area contributed by atoms with Crippen molar-refractivity contribution in [3.63, 3.8) is 0 Å². The molecule has 1 unspecified atom stereocenters. The second-order valence-corrected chi connectivity index (χ2v) is 6.05. The van der Waals surface area contributed by atoms with Gasteiger partial charge in [0.05, 0.1) is 4.47 Å². The van der Waals surface area contributed by atoms with E-state index in [1.165, 1.54) is 12.8 Å². The summed E-state index contributed by atoms with van der Waals surface area (Å²) in [5.41, 5.74) is 0.719. The second-order valence-electron chi connectivity index (χ2n) is 5.19. The maximum absolute atomic E-state index is 12.1. The SMILES string of the molecule is O=C(NCC1CCCNC1)c1cc2cccc(Br)c2o1. The van der Waals surface area contributed by atoms with E-state index in [-0.39, 0.29) is 5.91 Å². The monoisotopic (exact) mass is 336 g/mol. The molecule has 2 N–H and O–H groups in total. The molecule has 20 heavy (non-hydrogen) atoms. The number of carbonyl (C=O) groups is 1. The number of nitrogens with one attached hydrogen (secondary N) is 2. The number of benzene rings is 1. The molecule has 106 valence electrons. The molecule has 3 rings (SSSR count). The van der Waals surface area contributed by atoms with Gasteiger partial charge in [-0.15, -0.1) is 0 Å². The number of para-hydroxylation sites is 1. The molecule has 1 saturated heterocycles. The van der Waals surface area contributed by atoms with Gasteiger partial charge in [-0.2, -0.15) is 0 Å². The number of hydrogen-bond acceptors (Lipinski definition) is 3. The predicted molar refractivity (Wildman–Crippen MR) is 81.8 cm³/mol. The Morgan fingerprint density at radius 2 is 2.40 bits per heavy atom. The first-order valence-electron chi connectivity index (χ1n) is 6.91. The zero-order valence-corrected chi connectivity index (χ0v) is 12.7. The van der Waals surface area contributed by atoms with Gasteiger partial charge in [0.15, 0.2) is 5.76 Å². The minimum Gasteiger partial charge on any atom is -0.450 e. The Hall–Kier alpha value is -1.33. The van der Waals surface area contributed by atoms with Crippen LogP contribution in [0.3, 0.4) is 0 Å². The van der Waals surface area contributed by atoms with Crippen molar-refractivity contribution in [3.8, 4) is 0 Å². The minimum absolute atomic E-state index is 0.140. The van der Waals surface area contributed by atoms with Crippen LogP contribution in [0.1, 0.15) is 23.4 Å². The van der Waals surface area contributed by atoms with E-state index in [1.54, 1.807) is 6.07 Å². The number of amides is 1. The third kappa shape index (κ3) is 2.88. The average molecular weight is 337 g/mol. The van der Waals surface area contributed by atoms with E-state index in [9.17, 15) is 4.79 Å². The normalized spacial score (nSPS) is 19.1. The van der Waals surface area contributed by atoms with Crippen LogP contribution in [0.4, 0.5) is 0 Å². The molecule has 0 radical (unpaired) electrons. The molecule has 1 aromatic heterocycles. The number of carbonyl (C=O) groups excluding carboxylic acids is 1. The molecule has 0 aliphatic carbocycles. The summed E-state index contributed by atoms with van der Waals surface area (Å²) in [6.07, 6.45) is 2.34. The Bertz CT molecular complexity index is 617. The molecule has 2 aromatic rings. The largest absolute Gasteiger partial charge is 0.450 e. The number of rotatable bonds is 3. The molecule has 4 nitrogen and oxygen atoms in total. The first kappa shape index (κ1) is 13.6. The molecule has 0 bridgehead atoms. The second kappa shape index (κ2) is 5.97. The molecule has 1 fully saturated rings. The zero-order chi connectivity index (χ0) is 13.9. The first-order valence-corrected chi connectivity index (χ1v) is 7.70. The average Bonchev–Trinajstić information content (AvgIpc) is 2.91. The third-order valence-electron chi connectivity index (χ3n) is 3.67. The van der Waals surface area contributed by atoms with E-state index in [0.29, 0.717) is 18.2 Å². The highest BCUT2D eigenvalue weighted by atomic mass is 79.9. The van der Waals surface area contributed by atoms with E-state index in [2.05, 4.69) is 26.6 Å². The first-order chi connectivity index (χ1) is 9.74. The van der Waals surface area contributed by atoms with Crippen molar-refractivity contribution in [1.82, 2.24) is 10.6 Å². The van der Waals surface area contributed by atoms with Crippen molar-refractivity contribution in [2.45, 2.75) is 12.8 Å². The van der Waals surface area contributed by atoms with Gasteiger partial charge in [-0.3, -0.25) is 4.79 Å². The number of furan rings is 1. The summed E-state index contributed by atoms with van der Waals surface area (Å²) in [5.74, 6) is 0.748. The van der Waals surface area contributed by atoms with Gasteiger partial charge < -0.3 is 15.1 Å².